The van der Waals surface area contributed by atoms with Gasteiger partial charge in [-0.25, -0.2) is 4.57 Å². The highest BCUT2D eigenvalue weighted by Gasteiger charge is 2.28. The van der Waals surface area contributed by atoms with Gasteiger partial charge in [-0.15, -0.1) is 0 Å². The minimum atomic E-state index is -0.505. The Balaban J connectivity index is 2.10. The van der Waals surface area contributed by atoms with Crippen molar-refractivity contribution in [3.8, 4) is 0 Å². The summed E-state index contributed by atoms with van der Waals surface area (Å²) in [6.07, 6.45) is 1.55. The minimum Gasteiger partial charge on any atom is -0.396 e. The van der Waals surface area contributed by atoms with E-state index in [-0.39, 0.29) is 24.2 Å². The molecule has 2 heterocycles. The number of piperidine rings is 1. The smallest absolute Gasteiger partial charge is 0.323 e. The van der Waals surface area contributed by atoms with Crippen molar-refractivity contribution >= 4 is 11.7 Å². The number of nitrogens with zero attached hydrogens (tertiary/aromatic N) is 3. The highest BCUT2D eigenvalue weighted by molar-refractivity contribution is 5.93. The molecule has 0 saturated carbocycles. The van der Waals surface area contributed by atoms with Crippen molar-refractivity contribution in [2.75, 3.05) is 19.7 Å². The third kappa shape index (κ3) is 2.60. The van der Waals surface area contributed by atoms with Crippen LogP contribution in [0.3, 0.4) is 0 Å². The van der Waals surface area contributed by atoms with E-state index in [2.05, 4.69) is 0 Å². The normalized spacial score (nSPS) is 16.6. The van der Waals surface area contributed by atoms with E-state index in [1.54, 1.807) is 4.90 Å². The monoisotopic (exact) mass is 267 g/mol. The first-order valence-corrected chi connectivity index (χ1v) is 6.25. The molecule has 0 spiro atoms. The van der Waals surface area contributed by atoms with Crippen LogP contribution < -0.4 is 0 Å². The van der Waals surface area contributed by atoms with Crippen LogP contribution in [0.5, 0.6) is 0 Å². The molecule has 1 fully saturated rings. The molecular weight excluding hydrogens is 250 g/mol. The van der Waals surface area contributed by atoms with Crippen LogP contribution in [0.4, 0.5) is 5.82 Å². The van der Waals surface area contributed by atoms with Crippen molar-refractivity contribution in [1.29, 1.82) is 0 Å². The molecule has 1 aliphatic heterocycles. The average Bonchev–Trinajstić information content (AvgIpc) is 2.80. The molecule has 1 amide bonds. The first-order chi connectivity index (χ1) is 9.04. The molecule has 1 saturated heterocycles. The van der Waals surface area contributed by atoms with E-state index in [1.165, 1.54) is 23.7 Å². The van der Waals surface area contributed by atoms with Gasteiger partial charge in [0.2, 0.25) is 0 Å². The quantitative estimate of drug-likeness (QED) is 0.647. The molecule has 0 bridgehead atoms. The third-order valence-corrected chi connectivity index (χ3v) is 3.66. The summed E-state index contributed by atoms with van der Waals surface area (Å²) in [5.41, 5.74) is 0.328. The standard InChI is InChI=1S/C12H17N3O4/c1-13-10(2-3-11(13)15(18)19)12(17)14-6-4-9(8-16)5-7-14/h2-3,9,16H,4-8H2,1H3. The molecule has 0 radical (unpaired) electrons. The number of likely N-dealkylation sites (tertiary alicyclic amines) is 1. The Morgan fingerprint density at radius 3 is 2.58 bits per heavy atom. The van der Waals surface area contributed by atoms with E-state index in [0.717, 1.165) is 12.8 Å². The van der Waals surface area contributed by atoms with E-state index < -0.39 is 4.92 Å². The molecular formula is C12H17N3O4. The molecule has 1 N–H and O–H groups in total. The van der Waals surface area contributed by atoms with Gasteiger partial charge in [0.25, 0.3) is 5.91 Å². The van der Waals surface area contributed by atoms with Crippen LogP contribution in [0.25, 0.3) is 0 Å². The predicted molar refractivity (Wildman–Crippen MR) is 67.8 cm³/mol. The third-order valence-electron chi connectivity index (χ3n) is 3.66. The van der Waals surface area contributed by atoms with Crippen LogP contribution in [-0.2, 0) is 7.05 Å². The Bertz CT molecular complexity index is 489. The molecule has 7 heteroatoms. The van der Waals surface area contributed by atoms with Gasteiger partial charge in [0.15, 0.2) is 5.69 Å². The highest BCUT2D eigenvalue weighted by atomic mass is 16.6. The highest BCUT2D eigenvalue weighted by Crippen LogP contribution is 2.21. The van der Waals surface area contributed by atoms with Gasteiger partial charge in [-0.1, -0.05) is 0 Å². The number of hydrogen-bond acceptors (Lipinski definition) is 4. The second-order valence-electron chi connectivity index (χ2n) is 4.81. The van der Waals surface area contributed by atoms with Crippen molar-refractivity contribution < 1.29 is 14.8 Å². The van der Waals surface area contributed by atoms with E-state index in [4.69, 9.17) is 5.11 Å². The van der Waals surface area contributed by atoms with Crippen molar-refractivity contribution in [1.82, 2.24) is 9.47 Å². The van der Waals surface area contributed by atoms with Crippen LogP contribution in [-0.4, -0.2) is 45.1 Å². The lowest BCUT2D eigenvalue weighted by atomic mass is 9.98. The fourth-order valence-corrected chi connectivity index (χ4v) is 2.38. The maximum Gasteiger partial charge on any atom is 0.323 e. The molecule has 1 aromatic rings. The van der Waals surface area contributed by atoms with Crippen LogP contribution in [0, 0.1) is 16.0 Å². The molecule has 19 heavy (non-hydrogen) atoms. The zero-order valence-corrected chi connectivity index (χ0v) is 10.8. The summed E-state index contributed by atoms with van der Waals surface area (Å²) in [7, 11) is 1.52. The van der Waals surface area contributed by atoms with E-state index >= 15 is 0 Å². The largest absolute Gasteiger partial charge is 0.396 e. The van der Waals surface area contributed by atoms with E-state index in [0.29, 0.717) is 18.8 Å². The number of hydrogen-bond donors (Lipinski definition) is 1. The molecule has 0 unspecified atom stereocenters. The molecule has 1 aliphatic rings. The van der Waals surface area contributed by atoms with Crippen molar-refractivity contribution in [2.45, 2.75) is 12.8 Å². The molecule has 104 valence electrons. The van der Waals surface area contributed by atoms with Gasteiger partial charge in [-0.05, 0) is 29.7 Å². The van der Waals surface area contributed by atoms with Gasteiger partial charge >= 0.3 is 5.82 Å². The zero-order valence-electron chi connectivity index (χ0n) is 10.8. The fraction of sp³-hybridized carbons (Fsp3) is 0.583. The Morgan fingerprint density at radius 1 is 1.47 bits per heavy atom. The summed E-state index contributed by atoms with van der Waals surface area (Å²) >= 11 is 0. The number of carbonyl (C=O) groups is 1. The molecule has 0 aromatic carbocycles. The van der Waals surface area contributed by atoms with Crippen LogP contribution in [0.2, 0.25) is 0 Å². The number of aromatic nitrogens is 1. The predicted octanol–water partition coefficient (Wildman–Crippen LogP) is 0.778. The number of nitro groups is 1. The summed E-state index contributed by atoms with van der Waals surface area (Å²) in [6.45, 7) is 1.32. The lowest BCUT2D eigenvalue weighted by Gasteiger charge is -2.30. The van der Waals surface area contributed by atoms with E-state index in [9.17, 15) is 14.9 Å². The molecule has 0 atom stereocenters. The van der Waals surface area contributed by atoms with Gasteiger partial charge in [-0.2, -0.15) is 0 Å². The average molecular weight is 267 g/mol. The Labute approximate surface area is 110 Å². The summed E-state index contributed by atoms with van der Waals surface area (Å²) in [4.78, 5) is 24.2. The second-order valence-corrected chi connectivity index (χ2v) is 4.81. The van der Waals surface area contributed by atoms with Gasteiger partial charge in [0, 0.05) is 25.8 Å². The summed E-state index contributed by atoms with van der Waals surface area (Å²) in [6, 6.07) is 2.83. The van der Waals surface area contributed by atoms with Gasteiger partial charge in [0.05, 0.1) is 7.05 Å². The first kappa shape index (κ1) is 13.5. The molecule has 0 aliphatic carbocycles. The van der Waals surface area contributed by atoms with Gasteiger partial charge in [-0.3, -0.25) is 4.79 Å². The Kier molecular flexibility index (Phi) is 3.84. The fourth-order valence-electron chi connectivity index (χ4n) is 2.38. The number of rotatable bonds is 3. The second kappa shape index (κ2) is 5.40. The first-order valence-electron chi connectivity index (χ1n) is 6.25. The van der Waals surface area contributed by atoms with E-state index in [1.807, 2.05) is 0 Å². The van der Waals surface area contributed by atoms with Gasteiger partial charge < -0.3 is 20.1 Å². The maximum absolute atomic E-state index is 12.3. The topological polar surface area (TPSA) is 88.6 Å². The number of aliphatic hydroxyl groups is 1. The Hall–Kier alpha value is -1.89. The zero-order chi connectivity index (χ0) is 14.0. The van der Waals surface area contributed by atoms with Crippen molar-refractivity contribution in [3.63, 3.8) is 0 Å². The number of carbonyl (C=O) groups excluding carboxylic acids is 1. The Morgan fingerprint density at radius 2 is 2.11 bits per heavy atom. The van der Waals surface area contributed by atoms with Crippen LogP contribution >= 0.6 is 0 Å². The molecule has 1 aromatic heterocycles. The van der Waals surface area contributed by atoms with Crippen LogP contribution in [0.15, 0.2) is 12.1 Å². The number of aliphatic hydroxyl groups excluding tert-OH is 1. The summed E-state index contributed by atoms with van der Waals surface area (Å²) in [5, 5.41) is 19.8. The SMILES string of the molecule is Cn1c(C(=O)N2CCC(CO)CC2)ccc1[N+](=O)[O-]. The summed E-state index contributed by atoms with van der Waals surface area (Å²) in [5.74, 6) is -0.0209. The lowest BCUT2D eigenvalue weighted by molar-refractivity contribution is -0.391. The van der Waals surface area contributed by atoms with Crippen molar-refractivity contribution in [2.24, 2.45) is 13.0 Å². The minimum absolute atomic E-state index is 0.0893. The number of amides is 1. The summed E-state index contributed by atoms with van der Waals surface area (Å²) < 4.78 is 1.31. The lowest BCUT2D eigenvalue weighted by Crippen LogP contribution is -2.39. The molecule has 7 nitrogen and oxygen atoms in total. The van der Waals surface area contributed by atoms with Gasteiger partial charge in [0.1, 0.15) is 0 Å². The maximum atomic E-state index is 12.3. The van der Waals surface area contributed by atoms with Crippen LogP contribution in [0.1, 0.15) is 23.3 Å². The van der Waals surface area contributed by atoms with Crippen molar-refractivity contribution in [3.05, 3.63) is 27.9 Å². The molecule has 2 rings (SSSR count).